The molecule has 9 aromatic rings. The van der Waals surface area contributed by atoms with Gasteiger partial charge in [0.2, 0.25) is 0 Å². The summed E-state index contributed by atoms with van der Waals surface area (Å²) in [5.41, 5.74) is 12.7. The van der Waals surface area contributed by atoms with Crippen LogP contribution in [0.15, 0.2) is 170 Å². The number of nitriles is 1. The van der Waals surface area contributed by atoms with E-state index in [9.17, 15) is 5.26 Å². The molecule has 1 aliphatic rings. The molecule has 4 nitrogen and oxygen atoms in total. The number of rotatable bonds is 5. The predicted molar refractivity (Wildman–Crippen MR) is 224 cm³/mol. The molecular weight excluding hydrogens is 669 g/mol. The Morgan fingerprint density at radius 2 is 0.964 bits per heavy atom. The van der Waals surface area contributed by atoms with Crippen LogP contribution in [0.5, 0.6) is 0 Å². The van der Waals surface area contributed by atoms with Gasteiger partial charge in [0.25, 0.3) is 0 Å². The van der Waals surface area contributed by atoms with Crippen LogP contribution in [0.25, 0.3) is 89.1 Å². The van der Waals surface area contributed by atoms with Gasteiger partial charge in [-0.2, -0.15) is 5.26 Å². The average molecular weight is 703 g/mol. The number of benzene rings is 8. The van der Waals surface area contributed by atoms with Crippen LogP contribution in [0, 0.1) is 11.3 Å². The molecule has 0 amide bonds. The first kappa shape index (κ1) is 32.4. The molecule has 0 N–H and O–H groups in total. The molecule has 4 heteroatoms. The lowest BCUT2D eigenvalue weighted by atomic mass is 9.79. The van der Waals surface area contributed by atoms with Gasteiger partial charge >= 0.3 is 0 Å². The lowest BCUT2D eigenvalue weighted by Gasteiger charge is -2.24. The minimum absolute atomic E-state index is 0.200. The van der Waals surface area contributed by atoms with Crippen molar-refractivity contribution in [2.24, 2.45) is 0 Å². The summed E-state index contributed by atoms with van der Waals surface area (Å²) in [6, 6.07) is 61.4. The van der Waals surface area contributed by atoms with Crippen molar-refractivity contribution in [2.45, 2.75) is 19.3 Å². The van der Waals surface area contributed by atoms with Crippen molar-refractivity contribution < 1.29 is 0 Å². The van der Waals surface area contributed by atoms with Gasteiger partial charge in [-0.25, -0.2) is 15.0 Å². The first-order valence-corrected chi connectivity index (χ1v) is 18.6. The number of nitrogens with zero attached hydrogens (tertiary/aromatic N) is 4. The number of hydrogen-bond acceptors (Lipinski definition) is 4. The van der Waals surface area contributed by atoms with E-state index in [1.807, 2.05) is 84.9 Å². The smallest absolute Gasteiger partial charge is 0.164 e. The van der Waals surface area contributed by atoms with E-state index in [1.54, 1.807) is 0 Å². The quantitative estimate of drug-likeness (QED) is 0.179. The highest BCUT2D eigenvalue weighted by Crippen LogP contribution is 2.55. The van der Waals surface area contributed by atoms with E-state index in [0.29, 0.717) is 23.0 Å². The normalized spacial score (nSPS) is 12.7. The Morgan fingerprint density at radius 1 is 0.436 bits per heavy atom. The SMILES string of the molecule is CC1(C)c2ccccc2-c2c(-c3cc(-c4nc(-c5ccccc5)nc(-c5ccccc5)n4)cc(-c4ccc(C#N)c5ccccc45)c3)cc3ccccc3c21. The molecular formula is C51H34N4. The van der Waals surface area contributed by atoms with Gasteiger partial charge in [0.1, 0.15) is 0 Å². The molecule has 8 aromatic carbocycles. The van der Waals surface area contributed by atoms with E-state index in [-0.39, 0.29) is 5.41 Å². The maximum absolute atomic E-state index is 10.0. The third-order valence-electron chi connectivity index (χ3n) is 11.1. The maximum Gasteiger partial charge on any atom is 0.164 e. The number of aromatic nitrogens is 3. The van der Waals surface area contributed by atoms with Gasteiger partial charge in [-0.1, -0.05) is 153 Å². The van der Waals surface area contributed by atoms with Gasteiger partial charge < -0.3 is 0 Å². The standard InChI is InChI=1S/C51H34N4/c1-51(2)45-24-14-13-23-43(45)46-44(30-34-19-9-10-21-41(34)47(46)51)37-27-36(40-26-25-35(31-52)39-20-11-12-22-42(39)40)28-38(29-37)50-54-48(32-15-5-3-6-16-32)53-49(55-50)33-17-7-4-8-18-33/h3-30H,1-2H3. The largest absolute Gasteiger partial charge is 0.208 e. The average Bonchev–Trinajstić information content (AvgIpc) is 3.50. The second kappa shape index (κ2) is 12.7. The van der Waals surface area contributed by atoms with E-state index in [4.69, 9.17) is 15.0 Å². The van der Waals surface area contributed by atoms with Gasteiger partial charge in [-0.05, 0) is 91.0 Å². The maximum atomic E-state index is 10.0. The molecule has 0 radical (unpaired) electrons. The molecule has 0 spiro atoms. The number of fused-ring (bicyclic) bond motifs is 6. The lowest BCUT2D eigenvalue weighted by Crippen LogP contribution is -2.15. The molecule has 1 heterocycles. The molecule has 0 aliphatic heterocycles. The topological polar surface area (TPSA) is 62.5 Å². The molecule has 1 aliphatic carbocycles. The van der Waals surface area contributed by atoms with Crippen molar-refractivity contribution in [3.63, 3.8) is 0 Å². The van der Waals surface area contributed by atoms with Gasteiger partial charge in [-0.3, -0.25) is 0 Å². The highest BCUT2D eigenvalue weighted by molar-refractivity contribution is 6.06. The van der Waals surface area contributed by atoms with E-state index >= 15 is 0 Å². The molecule has 0 atom stereocenters. The van der Waals surface area contributed by atoms with Crippen molar-refractivity contribution in [2.75, 3.05) is 0 Å². The summed E-state index contributed by atoms with van der Waals surface area (Å²) in [5.74, 6) is 1.82. The summed E-state index contributed by atoms with van der Waals surface area (Å²) in [6.45, 7) is 4.69. The highest BCUT2D eigenvalue weighted by atomic mass is 15.0. The van der Waals surface area contributed by atoms with E-state index in [1.165, 1.54) is 33.0 Å². The fourth-order valence-electron chi connectivity index (χ4n) is 8.54. The fraction of sp³-hybridized carbons (Fsp3) is 0.0588. The van der Waals surface area contributed by atoms with Crippen LogP contribution in [0.4, 0.5) is 0 Å². The zero-order valence-corrected chi connectivity index (χ0v) is 30.5. The van der Waals surface area contributed by atoms with Gasteiger partial charge in [0.05, 0.1) is 11.6 Å². The molecule has 0 unspecified atom stereocenters. The van der Waals surface area contributed by atoms with Crippen LogP contribution in [-0.2, 0) is 5.41 Å². The van der Waals surface area contributed by atoms with Crippen molar-refractivity contribution >= 4 is 21.5 Å². The van der Waals surface area contributed by atoms with Gasteiger partial charge in [0.15, 0.2) is 17.5 Å². The summed E-state index contributed by atoms with van der Waals surface area (Å²) in [7, 11) is 0. The zero-order chi connectivity index (χ0) is 37.1. The molecule has 0 bridgehead atoms. The minimum atomic E-state index is -0.200. The van der Waals surface area contributed by atoms with Crippen molar-refractivity contribution in [1.82, 2.24) is 15.0 Å². The first-order valence-electron chi connectivity index (χ1n) is 18.6. The van der Waals surface area contributed by atoms with Gasteiger partial charge in [-0.15, -0.1) is 0 Å². The van der Waals surface area contributed by atoms with Crippen LogP contribution in [0.3, 0.4) is 0 Å². The molecule has 10 rings (SSSR count). The fourth-order valence-corrected chi connectivity index (χ4v) is 8.54. The monoisotopic (exact) mass is 702 g/mol. The first-order chi connectivity index (χ1) is 27.0. The van der Waals surface area contributed by atoms with Gasteiger partial charge in [0, 0.05) is 27.5 Å². The predicted octanol–water partition coefficient (Wildman–Crippen LogP) is 12.7. The molecule has 0 saturated carbocycles. The number of hydrogen-bond donors (Lipinski definition) is 0. The second-order valence-electron chi connectivity index (χ2n) is 14.7. The third kappa shape index (κ3) is 5.32. The molecule has 0 saturated heterocycles. The summed E-state index contributed by atoms with van der Waals surface area (Å²) in [6.07, 6.45) is 0. The highest BCUT2D eigenvalue weighted by Gasteiger charge is 2.38. The minimum Gasteiger partial charge on any atom is -0.208 e. The Hall–Kier alpha value is -7.22. The third-order valence-corrected chi connectivity index (χ3v) is 11.1. The summed E-state index contributed by atoms with van der Waals surface area (Å²) < 4.78 is 0. The Kier molecular flexibility index (Phi) is 7.50. The van der Waals surface area contributed by atoms with Crippen molar-refractivity contribution in [1.29, 1.82) is 5.26 Å². The molecule has 55 heavy (non-hydrogen) atoms. The van der Waals surface area contributed by atoms with Crippen LogP contribution >= 0.6 is 0 Å². The summed E-state index contributed by atoms with van der Waals surface area (Å²) in [5, 5.41) is 14.5. The van der Waals surface area contributed by atoms with Crippen molar-refractivity contribution in [3.8, 4) is 73.6 Å². The Bertz CT molecular complexity index is 2950. The van der Waals surface area contributed by atoms with E-state index < -0.39 is 0 Å². The lowest BCUT2D eigenvalue weighted by molar-refractivity contribution is 0.666. The van der Waals surface area contributed by atoms with E-state index in [2.05, 4.69) is 105 Å². The zero-order valence-electron chi connectivity index (χ0n) is 30.5. The van der Waals surface area contributed by atoms with Crippen LogP contribution in [0.2, 0.25) is 0 Å². The van der Waals surface area contributed by atoms with Crippen molar-refractivity contribution in [3.05, 3.63) is 187 Å². The van der Waals surface area contributed by atoms with Crippen LogP contribution in [-0.4, -0.2) is 15.0 Å². The second-order valence-corrected chi connectivity index (χ2v) is 14.7. The Morgan fingerprint density at radius 3 is 1.64 bits per heavy atom. The summed E-state index contributed by atoms with van der Waals surface area (Å²) in [4.78, 5) is 15.3. The summed E-state index contributed by atoms with van der Waals surface area (Å²) >= 11 is 0. The van der Waals surface area contributed by atoms with Crippen LogP contribution < -0.4 is 0 Å². The Balaban J connectivity index is 1.30. The Labute approximate surface area is 320 Å². The van der Waals surface area contributed by atoms with Crippen LogP contribution in [0.1, 0.15) is 30.5 Å². The molecule has 0 fully saturated rings. The molecule has 1 aromatic heterocycles. The molecule has 258 valence electrons. The van der Waals surface area contributed by atoms with E-state index in [0.717, 1.165) is 49.7 Å².